The maximum atomic E-state index is 5.39. The normalized spacial score (nSPS) is 20.5. The molecule has 1 aromatic rings. The molecule has 0 spiro atoms. The molecule has 6 heteroatoms. The quantitative estimate of drug-likeness (QED) is 0.565. The number of hydrogen-bond acceptors (Lipinski definition) is 2. The molecule has 0 saturated carbocycles. The third kappa shape index (κ3) is 4.66. The van der Waals surface area contributed by atoms with Crippen LogP contribution in [0.3, 0.4) is 0 Å². The Morgan fingerprint density at radius 3 is 2.67 bits per heavy atom. The SMILES string of the molecule is Cc1ccc2c(c1)[NH+](CCC[NH+]1CCOCC1)C=N2.[Cl-].[Cl-]. The fourth-order valence-electron chi connectivity index (χ4n) is 2.87. The van der Waals surface area contributed by atoms with Crippen LogP contribution >= 0.6 is 0 Å². The second kappa shape index (κ2) is 8.71. The number of quaternary nitrogens is 2. The number of nitrogens with zero attached hydrogens (tertiary/aromatic N) is 1. The molecular formula is C15H23Cl2N3O. The van der Waals surface area contributed by atoms with Crippen molar-refractivity contribution in [3.63, 3.8) is 0 Å². The van der Waals surface area contributed by atoms with Crippen LogP contribution in [0.15, 0.2) is 23.2 Å². The van der Waals surface area contributed by atoms with Crippen molar-refractivity contribution < 1.29 is 39.4 Å². The van der Waals surface area contributed by atoms with E-state index in [0.29, 0.717) is 0 Å². The Kier molecular flexibility index (Phi) is 7.63. The monoisotopic (exact) mass is 331 g/mol. The molecule has 0 radical (unpaired) electrons. The average Bonchev–Trinajstić information content (AvgIpc) is 2.83. The zero-order chi connectivity index (χ0) is 13.1. The highest BCUT2D eigenvalue weighted by molar-refractivity contribution is 5.72. The van der Waals surface area contributed by atoms with Gasteiger partial charge in [0.25, 0.3) is 0 Å². The summed E-state index contributed by atoms with van der Waals surface area (Å²) in [5.74, 6) is 0. The molecule has 1 saturated heterocycles. The minimum Gasteiger partial charge on any atom is -1.00 e. The number of halogens is 2. The van der Waals surface area contributed by atoms with Crippen LogP contribution in [0, 0.1) is 6.92 Å². The summed E-state index contributed by atoms with van der Waals surface area (Å²) >= 11 is 0. The van der Waals surface area contributed by atoms with E-state index in [1.807, 2.05) is 0 Å². The van der Waals surface area contributed by atoms with E-state index in [-0.39, 0.29) is 24.8 Å². The summed E-state index contributed by atoms with van der Waals surface area (Å²) in [5.41, 5.74) is 3.80. The van der Waals surface area contributed by atoms with Crippen LogP contribution < -0.4 is 34.6 Å². The van der Waals surface area contributed by atoms with Crippen LogP contribution in [0.5, 0.6) is 0 Å². The molecule has 1 unspecified atom stereocenters. The molecule has 1 aromatic carbocycles. The number of rotatable bonds is 4. The molecule has 2 N–H and O–H groups in total. The molecule has 0 aromatic heterocycles. The molecule has 0 aliphatic carbocycles. The second-order valence-electron chi connectivity index (χ2n) is 5.52. The van der Waals surface area contributed by atoms with Crippen molar-refractivity contribution in [1.29, 1.82) is 0 Å². The minimum absolute atomic E-state index is 0. The molecule has 1 atom stereocenters. The lowest BCUT2D eigenvalue weighted by molar-refractivity contribution is -0.910. The molecule has 4 nitrogen and oxygen atoms in total. The molecule has 2 aliphatic rings. The molecule has 1 fully saturated rings. The van der Waals surface area contributed by atoms with E-state index in [2.05, 4.69) is 36.5 Å². The van der Waals surface area contributed by atoms with Crippen molar-refractivity contribution in [2.75, 3.05) is 39.4 Å². The van der Waals surface area contributed by atoms with Crippen LogP contribution in [-0.2, 0) is 4.74 Å². The first-order valence-electron chi connectivity index (χ1n) is 7.25. The Hall–Kier alpha value is -0.650. The average molecular weight is 332 g/mol. The van der Waals surface area contributed by atoms with Crippen LogP contribution in [-0.4, -0.2) is 45.7 Å². The van der Waals surface area contributed by atoms with E-state index in [1.165, 1.54) is 42.2 Å². The van der Waals surface area contributed by atoms with Crippen molar-refractivity contribution in [3.05, 3.63) is 23.8 Å². The molecule has 0 amide bonds. The highest BCUT2D eigenvalue weighted by Crippen LogP contribution is 2.24. The predicted molar refractivity (Wildman–Crippen MR) is 75.8 cm³/mol. The highest BCUT2D eigenvalue weighted by atomic mass is 35.5. The van der Waals surface area contributed by atoms with Gasteiger partial charge in [0.05, 0.1) is 26.3 Å². The standard InChI is InChI=1S/C15H21N3O.2ClH/c1-13-3-4-14-15(11-13)18(12-16-14)6-2-5-17-7-9-19-10-8-17;;/h3-4,11-12H,2,5-10H2,1H3;2*1H. The third-order valence-electron chi connectivity index (χ3n) is 4.03. The summed E-state index contributed by atoms with van der Waals surface area (Å²) in [7, 11) is 0. The number of aryl methyl sites for hydroxylation is 1. The van der Waals surface area contributed by atoms with Crippen LogP contribution in [0.2, 0.25) is 0 Å². The Labute approximate surface area is 139 Å². The maximum absolute atomic E-state index is 5.39. The van der Waals surface area contributed by atoms with E-state index < -0.39 is 0 Å². The number of nitrogens with one attached hydrogen (secondary N) is 2. The van der Waals surface area contributed by atoms with Gasteiger partial charge in [0.15, 0.2) is 12.0 Å². The van der Waals surface area contributed by atoms with Crippen molar-refractivity contribution >= 4 is 17.7 Å². The number of aliphatic imine (C=N–C) groups is 1. The van der Waals surface area contributed by atoms with E-state index in [4.69, 9.17) is 4.74 Å². The molecule has 0 bridgehead atoms. The molecular weight excluding hydrogens is 309 g/mol. The lowest BCUT2D eigenvalue weighted by Gasteiger charge is -2.23. The van der Waals surface area contributed by atoms with Gasteiger partial charge in [-0.25, -0.2) is 0 Å². The number of fused-ring (bicyclic) bond motifs is 1. The van der Waals surface area contributed by atoms with E-state index in [0.717, 1.165) is 25.4 Å². The summed E-state index contributed by atoms with van der Waals surface area (Å²) in [6.45, 7) is 8.73. The van der Waals surface area contributed by atoms with Gasteiger partial charge in [0.2, 0.25) is 0 Å². The summed E-state index contributed by atoms with van der Waals surface area (Å²) < 4.78 is 5.39. The van der Waals surface area contributed by atoms with Gasteiger partial charge in [0.1, 0.15) is 18.8 Å². The van der Waals surface area contributed by atoms with Gasteiger partial charge in [0, 0.05) is 12.5 Å². The van der Waals surface area contributed by atoms with Gasteiger partial charge < -0.3 is 34.5 Å². The highest BCUT2D eigenvalue weighted by Gasteiger charge is 2.22. The molecule has 21 heavy (non-hydrogen) atoms. The van der Waals surface area contributed by atoms with Crippen molar-refractivity contribution in [3.8, 4) is 0 Å². The van der Waals surface area contributed by atoms with Gasteiger partial charge in [-0.05, 0) is 18.6 Å². The summed E-state index contributed by atoms with van der Waals surface area (Å²) in [5, 5.41) is 0. The smallest absolute Gasteiger partial charge is 0.194 e. The maximum Gasteiger partial charge on any atom is 0.194 e. The zero-order valence-electron chi connectivity index (χ0n) is 12.4. The number of benzene rings is 1. The first-order valence-corrected chi connectivity index (χ1v) is 7.25. The van der Waals surface area contributed by atoms with Gasteiger partial charge in [-0.1, -0.05) is 6.07 Å². The predicted octanol–water partition coefficient (Wildman–Crippen LogP) is -6.50. The topological polar surface area (TPSA) is 30.5 Å². The largest absolute Gasteiger partial charge is 1.00 e. The van der Waals surface area contributed by atoms with Crippen molar-refractivity contribution in [2.24, 2.45) is 4.99 Å². The minimum atomic E-state index is 0. The van der Waals surface area contributed by atoms with Crippen LogP contribution in [0.4, 0.5) is 11.4 Å². The fourth-order valence-corrected chi connectivity index (χ4v) is 2.87. The number of morpholine rings is 1. The van der Waals surface area contributed by atoms with Crippen molar-refractivity contribution in [2.45, 2.75) is 13.3 Å². The van der Waals surface area contributed by atoms with E-state index >= 15 is 0 Å². The lowest BCUT2D eigenvalue weighted by atomic mass is 10.2. The van der Waals surface area contributed by atoms with Crippen LogP contribution in [0.25, 0.3) is 0 Å². The van der Waals surface area contributed by atoms with Gasteiger partial charge >= 0.3 is 0 Å². The number of hydrogen-bond donors (Lipinski definition) is 2. The third-order valence-corrected chi connectivity index (χ3v) is 4.03. The Morgan fingerprint density at radius 1 is 1.14 bits per heavy atom. The first kappa shape index (κ1) is 18.4. The van der Waals surface area contributed by atoms with Gasteiger partial charge in [-0.2, -0.15) is 4.99 Å². The molecule has 118 valence electrons. The van der Waals surface area contributed by atoms with E-state index in [1.54, 1.807) is 4.90 Å². The Bertz CT molecular complexity index is 476. The first-order chi connectivity index (χ1) is 9.33. The Balaban J connectivity index is 0.00000110. The molecule has 2 aliphatic heterocycles. The summed E-state index contributed by atoms with van der Waals surface area (Å²) in [4.78, 5) is 7.59. The van der Waals surface area contributed by atoms with Gasteiger partial charge in [-0.15, -0.1) is 0 Å². The Morgan fingerprint density at radius 2 is 1.90 bits per heavy atom. The zero-order valence-corrected chi connectivity index (χ0v) is 13.9. The van der Waals surface area contributed by atoms with E-state index in [9.17, 15) is 0 Å². The van der Waals surface area contributed by atoms with Crippen molar-refractivity contribution in [1.82, 2.24) is 0 Å². The second-order valence-corrected chi connectivity index (χ2v) is 5.52. The van der Waals surface area contributed by atoms with Crippen LogP contribution in [0.1, 0.15) is 12.0 Å². The molecule has 2 heterocycles. The fraction of sp³-hybridized carbons (Fsp3) is 0.533. The molecule has 3 rings (SSSR count). The summed E-state index contributed by atoms with van der Waals surface area (Å²) in [6, 6.07) is 6.53. The summed E-state index contributed by atoms with van der Waals surface area (Å²) in [6.07, 6.45) is 3.29. The number of ether oxygens (including phenoxy) is 1. The van der Waals surface area contributed by atoms with Gasteiger partial charge in [-0.3, -0.25) is 4.90 Å². The lowest BCUT2D eigenvalue weighted by Crippen LogP contribution is -3.15.